The van der Waals surface area contributed by atoms with Crippen molar-refractivity contribution in [1.29, 1.82) is 0 Å². The van der Waals surface area contributed by atoms with Crippen LogP contribution in [0.3, 0.4) is 0 Å². The summed E-state index contributed by atoms with van der Waals surface area (Å²) in [6.07, 6.45) is 11.8. The van der Waals surface area contributed by atoms with Crippen molar-refractivity contribution < 1.29 is 0 Å². The summed E-state index contributed by atoms with van der Waals surface area (Å²) in [6.45, 7) is 16.5. The number of allylic oxidation sites excluding steroid dienone is 2. The Bertz CT molecular complexity index is 2340. The van der Waals surface area contributed by atoms with E-state index in [1.54, 1.807) is 5.47 Å². The van der Waals surface area contributed by atoms with E-state index in [2.05, 4.69) is 149 Å². The monoisotopic (exact) mass is 690 g/mol. The van der Waals surface area contributed by atoms with Gasteiger partial charge in [0.2, 0.25) is 13.4 Å². The summed E-state index contributed by atoms with van der Waals surface area (Å²) >= 11 is 0. The number of aryl methyl sites for hydroxylation is 7. The Morgan fingerprint density at radius 1 is 0.566 bits per heavy atom. The first-order chi connectivity index (χ1) is 25.8. The minimum atomic E-state index is 0.163. The quantitative estimate of drug-likeness (QED) is 0.150. The molecule has 53 heavy (non-hydrogen) atoms. The maximum atomic E-state index is 2.68. The number of benzene rings is 5. The first kappa shape index (κ1) is 34.1. The topological polar surface area (TPSA) is 6.48 Å². The average Bonchev–Trinajstić information content (AvgIpc) is 3.14. The fraction of sp³-hybridized carbons (Fsp3) is 0.306. The number of unbranched alkanes of at least 4 members (excludes halogenated alkanes) is 2. The summed E-state index contributed by atoms with van der Waals surface area (Å²) in [5.74, 6) is 0. The smallest absolute Gasteiger partial charge is 0.247 e. The second-order valence-corrected chi connectivity index (χ2v) is 16.4. The van der Waals surface area contributed by atoms with Crippen LogP contribution in [0.2, 0.25) is 0 Å². The van der Waals surface area contributed by atoms with Crippen LogP contribution in [0.5, 0.6) is 0 Å². The molecule has 0 fully saturated rings. The lowest BCUT2D eigenvalue weighted by molar-refractivity contribution is 0.795. The maximum absolute atomic E-state index is 2.68. The molecule has 0 radical (unpaired) electrons. The third-order valence-corrected chi connectivity index (χ3v) is 12.6. The van der Waals surface area contributed by atoms with Gasteiger partial charge in [0, 0.05) is 11.4 Å². The molecule has 3 heterocycles. The number of hydrogen-bond donors (Lipinski definition) is 0. The maximum Gasteiger partial charge on any atom is 0.247 e. The van der Waals surface area contributed by atoms with Crippen LogP contribution >= 0.6 is 0 Å². The van der Waals surface area contributed by atoms with Crippen LogP contribution in [0.25, 0.3) is 0 Å². The van der Waals surface area contributed by atoms with Gasteiger partial charge in [-0.2, -0.15) is 0 Å². The van der Waals surface area contributed by atoms with E-state index in [-0.39, 0.29) is 13.4 Å². The third kappa shape index (κ3) is 5.38. The average molecular weight is 691 g/mol. The van der Waals surface area contributed by atoms with E-state index >= 15 is 0 Å². The number of rotatable bonds is 8. The highest BCUT2D eigenvalue weighted by Crippen LogP contribution is 2.53. The number of para-hydroxylation sites is 1. The molecule has 1 aliphatic carbocycles. The van der Waals surface area contributed by atoms with E-state index in [9.17, 15) is 0 Å². The predicted octanol–water partition coefficient (Wildman–Crippen LogP) is 9.13. The molecule has 0 spiro atoms. The molecule has 4 heteroatoms. The zero-order chi connectivity index (χ0) is 36.5. The lowest BCUT2D eigenvalue weighted by Gasteiger charge is -2.52. The van der Waals surface area contributed by atoms with Gasteiger partial charge in [-0.3, -0.25) is 0 Å². The van der Waals surface area contributed by atoms with E-state index in [0.717, 1.165) is 25.7 Å². The van der Waals surface area contributed by atoms with E-state index in [1.807, 2.05) is 0 Å². The molecule has 264 valence electrons. The summed E-state index contributed by atoms with van der Waals surface area (Å²) in [7, 11) is 0. The zero-order valence-electron chi connectivity index (χ0n) is 32.9. The molecule has 5 aromatic carbocycles. The van der Waals surface area contributed by atoms with Crippen molar-refractivity contribution in [3.8, 4) is 0 Å². The van der Waals surface area contributed by atoms with Crippen molar-refractivity contribution in [2.45, 2.75) is 99.8 Å². The molecule has 0 amide bonds. The Kier molecular flexibility index (Phi) is 8.56. The normalized spacial score (nSPS) is 15.3. The standard InChI is InChI=1S/C49H52B2N2/c1-8-10-14-36-21-24-43-41(29-36)50(38-23-20-31(3)26-33(38)5)39-16-12-18-45-48(39)52(43)46-19-13-17-40-49(46)53(45)44-25-22-37(15-11-9-2)30-42(44)51(40)47-34(6)27-32(4)28-35(47)7/h13,17-30H,8-12,14-16H2,1-7H3. The summed E-state index contributed by atoms with van der Waals surface area (Å²) < 4.78 is 0. The molecule has 0 aromatic heterocycles. The highest BCUT2D eigenvalue weighted by molar-refractivity contribution is 6.98. The predicted molar refractivity (Wildman–Crippen MR) is 231 cm³/mol. The lowest BCUT2D eigenvalue weighted by Crippen LogP contribution is -2.61. The molecular formula is C49H52B2N2. The largest absolute Gasteiger partial charge is 0.308 e. The fourth-order valence-electron chi connectivity index (χ4n) is 10.4. The van der Waals surface area contributed by atoms with Crippen LogP contribution in [0, 0.1) is 34.6 Å². The van der Waals surface area contributed by atoms with E-state index in [4.69, 9.17) is 0 Å². The molecule has 0 atom stereocenters. The van der Waals surface area contributed by atoms with Gasteiger partial charge in [0.1, 0.15) is 0 Å². The summed E-state index contributed by atoms with van der Waals surface area (Å²) in [5, 5.41) is 0. The van der Waals surface area contributed by atoms with Crippen LogP contribution in [-0.4, -0.2) is 13.4 Å². The SMILES string of the molecule is CCCCc1ccc2c(c1)B(c1ccc(C)cc1C)C1=C3C(=CCC1)N1c4ccc(CCCC)cc4B(c4c(C)cc(C)cc4C)c4cccc(c41)N32. The molecule has 4 aliphatic rings. The second kappa shape index (κ2) is 13.3. The van der Waals surface area contributed by atoms with Crippen molar-refractivity contribution in [3.05, 3.63) is 147 Å². The minimum absolute atomic E-state index is 0.163. The molecule has 0 saturated carbocycles. The van der Waals surface area contributed by atoms with Gasteiger partial charge in [0.05, 0.1) is 22.8 Å². The zero-order valence-corrected chi connectivity index (χ0v) is 32.9. The van der Waals surface area contributed by atoms with Crippen LogP contribution in [-0.2, 0) is 12.8 Å². The molecule has 5 aromatic rings. The van der Waals surface area contributed by atoms with E-state index in [0.29, 0.717) is 0 Å². The Morgan fingerprint density at radius 2 is 1.21 bits per heavy atom. The highest BCUT2D eigenvalue weighted by Gasteiger charge is 2.48. The molecule has 0 saturated heterocycles. The summed E-state index contributed by atoms with van der Waals surface area (Å²) in [6, 6.07) is 34.0. The second-order valence-electron chi connectivity index (χ2n) is 16.4. The summed E-state index contributed by atoms with van der Waals surface area (Å²) in [4.78, 5) is 5.37. The molecule has 0 unspecified atom stereocenters. The Labute approximate surface area is 318 Å². The van der Waals surface area contributed by atoms with E-state index < -0.39 is 0 Å². The van der Waals surface area contributed by atoms with Gasteiger partial charge >= 0.3 is 0 Å². The van der Waals surface area contributed by atoms with Crippen molar-refractivity contribution in [3.63, 3.8) is 0 Å². The van der Waals surface area contributed by atoms with Gasteiger partial charge in [0.15, 0.2) is 0 Å². The molecule has 2 nitrogen and oxygen atoms in total. The van der Waals surface area contributed by atoms with Gasteiger partial charge < -0.3 is 9.80 Å². The molecule has 0 bridgehead atoms. The van der Waals surface area contributed by atoms with Crippen LogP contribution in [0.4, 0.5) is 22.7 Å². The van der Waals surface area contributed by atoms with Gasteiger partial charge in [-0.15, -0.1) is 0 Å². The molecular weight excluding hydrogens is 638 g/mol. The Balaban J connectivity index is 1.34. The van der Waals surface area contributed by atoms with Gasteiger partial charge in [-0.05, 0) is 119 Å². The fourth-order valence-corrected chi connectivity index (χ4v) is 10.4. The van der Waals surface area contributed by atoms with Crippen LogP contribution in [0.15, 0.2) is 108 Å². The first-order valence-corrected chi connectivity index (χ1v) is 20.4. The van der Waals surface area contributed by atoms with Gasteiger partial charge in [-0.1, -0.05) is 144 Å². The number of fused-ring (bicyclic) bond motifs is 6. The Hall–Kier alpha value is -4.69. The van der Waals surface area contributed by atoms with Crippen molar-refractivity contribution in [2.75, 3.05) is 9.80 Å². The van der Waals surface area contributed by atoms with Crippen molar-refractivity contribution in [2.24, 2.45) is 0 Å². The number of hydrogen-bond acceptors (Lipinski definition) is 2. The van der Waals surface area contributed by atoms with Crippen LogP contribution in [0.1, 0.15) is 91.3 Å². The molecule has 9 rings (SSSR count). The molecule has 3 aliphatic heterocycles. The minimum Gasteiger partial charge on any atom is -0.308 e. The lowest BCUT2D eigenvalue weighted by atomic mass is 9.32. The van der Waals surface area contributed by atoms with Gasteiger partial charge in [-0.25, -0.2) is 0 Å². The highest BCUT2D eigenvalue weighted by atomic mass is 15.3. The third-order valence-electron chi connectivity index (χ3n) is 12.6. The van der Waals surface area contributed by atoms with Crippen molar-refractivity contribution >= 4 is 63.5 Å². The summed E-state index contributed by atoms with van der Waals surface area (Å²) in [5.41, 5.74) is 26.7. The van der Waals surface area contributed by atoms with E-state index in [1.165, 1.54) is 126 Å². The van der Waals surface area contributed by atoms with Crippen LogP contribution < -0.4 is 37.1 Å². The number of anilines is 4. The first-order valence-electron chi connectivity index (χ1n) is 20.4. The molecule has 0 N–H and O–H groups in total. The Morgan fingerprint density at radius 3 is 1.87 bits per heavy atom. The van der Waals surface area contributed by atoms with Gasteiger partial charge in [0.25, 0.3) is 0 Å². The number of nitrogens with zero attached hydrogens (tertiary/aromatic N) is 2. The van der Waals surface area contributed by atoms with Crippen molar-refractivity contribution in [1.82, 2.24) is 0 Å².